The van der Waals surface area contributed by atoms with Gasteiger partial charge in [-0.25, -0.2) is 9.48 Å². The molecular formula is C35H49N5O4Si. The highest BCUT2D eigenvalue weighted by Gasteiger charge is 2.54. The van der Waals surface area contributed by atoms with Gasteiger partial charge in [-0.2, -0.15) is 5.10 Å². The van der Waals surface area contributed by atoms with Crippen LogP contribution in [0.25, 0.3) is 11.3 Å². The molecule has 1 unspecified atom stereocenters. The van der Waals surface area contributed by atoms with Crippen molar-refractivity contribution >= 4 is 25.8 Å². The third-order valence-electron chi connectivity index (χ3n) is 9.51. The van der Waals surface area contributed by atoms with E-state index in [4.69, 9.17) is 19.6 Å². The third-order valence-corrected chi connectivity index (χ3v) is 11.2. The van der Waals surface area contributed by atoms with Gasteiger partial charge in [-0.3, -0.25) is 9.78 Å². The lowest BCUT2D eigenvalue weighted by atomic mass is 9.66. The van der Waals surface area contributed by atoms with Crippen molar-refractivity contribution in [1.29, 1.82) is 0 Å². The lowest BCUT2D eigenvalue weighted by Crippen LogP contribution is -2.54. The second-order valence-electron chi connectivity index (χ2n) is 14.4. The number of alkyl carbamates (subject to hydrolysis) is 1. The Labute approximate surface area is 268 Å². The van der Waals surface area contributed by atoms with Gasteiger partial charge in [0.15, 0.2) is 0 Å². The average Bonchev–Trinajstić information content (AvgIpc) is 3.65. The Hall–Kier alpha value is -3.50. The Morgan fingerprint density at radius 3 is 2.42 bits per heavy atom. The topological polar surface area (TPSA) is 107 Å². The van der Waals surface area contributed by atoms with Crippen LogP contribution in [-0.4, -0.2) is 47.5 Å². The van der Waals surface area contributed by atoms with E-state index in [0.717, 1.165) is 73.0 Å². The monoisotopic (exact) mass is 631 g/mol. The van der Waals surface area contributed by atoms with Crippen LogP contribution in [0.1, 0.15) is 56.0 Å². The quantitative estimate of drug-likeness (QED) is 0.143. The number of aryl methyl sites for hydroxylation is 1. The summed E-state index contributed by atoms with van der Waals surface area (Å²) in [6.07, 6.45) is 6.54. The van der Waals surface area contributed by atoms with Gasteiger partial charge < -0.3 is 20.1 Å². The molecule has 2 saturated carbocycles. The summed E-state index contributed by atoms with van der Waals surface area (Å²) in [6, 6.07) is 13.7. The molecule has 10 heteroatoms. The molecule has 0 radical (unpaired) electrons. The van der Waals surface area contributed by atoms with E-state index in [1.54, 1.807) is 6.20 Å². The van der Waals surface area contributed by atoms with Crippen LogP contribution in [0.3, 0.4) is 0 Å². The third kappa shape index (κ3) is 8.41. The number of carbonyl (C=O) groups is 2. The van der Waals surface area contributed by atoms with Gasteiger partial charge >= 0.3 is 6.09 Å². The van der Waals surface area contributed by atoms with Crippen molar-refractivity contribution in [3.63, 3.8) is 0 Å². The minimum atomic E-state index is -1.16. The predicted octanol–water partition coefficient (Wildman–Crippen LogP) is 7.32. The Balaban J connectivity index is 1.27. The molecule has 0 spiro atoms. The fourth-order valence-corrected chi connectivity index (χ4v) is 7.10. The Morgan fingerprint density at radius 1 is 1.09 bits per heavy atom. The highest BCUT2D eigenvalue weighted by atomic mass is 28.3. The first-order chi connectivity index (χ1) is 21.4. The summed E-state index contributed by atoms with van der Waals surface area (Å²) in [4.78, 5) is 31.6. The fourth-order valence-electron chi connectivity index (χ4n) is 6.34. The number of rotatable bonds is 14. The summed E-state index contributed by atoms with van der Waals surface area (Å²) in [6.45, 7) is 14.6. The highest BCUT2D eigenvalue weighted by molar-refractivity contribution is 6.76. The molecule has 3 aromatic rings. The smallest absolute Gasteiger partial charge is 0.408 e. The zero-order valence-corrected chi connectivity index (χ0v) is 28.7. The molecule has 0 bridgehead atoms. The molecule has 45 heavy (non-hydrogen) atoms. The maximum atomic E-state index is 13.9. The molecule has 2 heterocycles. The van der Waals surface area contributed by atoms with Gasteiger partial charge in [0.2, 0.25) is 5.91 Å². The number of nitrogens with one attached hydrogen (secondary N) is 2. The number of ether oxygens (including phenoxy) is 2. The molecule has 2 aliphatic rings. The maximum Gasteiger partial charge on any atom is 0.408 e. The summed E-state index contributed by atoms with van der Waals surface area (Å²) in [5, 5.41) is 10.7. The largest absolute Gasteiger partial charge is 0.445 e. The number of anilines is 1. The molecule has 9 nitrogen and oxygen atoms in total. The molecule has 0 saturated heterocycles. The van der Waals surface area contributed by atoms with E-state index in [-0.39, 0.29) is 23.8 Å². The van der Waals surface area contributed by atoms with E-state index in [1.165, 1.54) is 0 Å². The van der Waals surface area contributed by atoms with Crippen molar-refractivity contribution in [2.75, 3.05) is 11.9 Å². The number of amides is 2. The zero-order chi connectivity index (χ0) is 32.2. The molecular weight excluding hydrogens is 583 g/mol. The molecule has 2 N–H and O–H groups in total. The van der Waals surface area contributed by atoms with E-state index in [1.807, 2.05) is 61.0 Å². The van der Waals surface area contributed by atoms with Crippen LogP contribution in [0.2, 0.25) is 25.7 Å². The van der Waals surface area contributed by atoms with Crippen molar-refractivity contribution in [1.82, 2.24) is 20.1 Å². The fraction of sp³-hybridized carbons (Fsp3) is 0.543. The first-order valence-electron chi connectivity index (χ1n) is 16.3. The number of hydrogen-bond acceptors (Lipinski definition) is 6. The van der Waals surface area contributed by atoms with Crippen LogP contribution in [0.15, 0.2) is 48.7 Å². The van der Waals surface area contributed by atoms with Crippen LogP contribution in [0.4, 0.5) is 10.5 Å². The average molecular weight is 632 g/mol. The molecule has 2 amide bonds. The van der Waals surface area contributed by atoms with Crippen LogP contribution >= 0.6 is 0 Å². The van der Waals surface area contributed by atoms with Gasteiger partial charge in [0.1, 0.15) is 19.4 Å². The van der Waals surface area contributed by atoms with Crippen molar-refractivity contribution in [2.24, 2.45) is 17.3 Å². The van der Waals surface area contributed by atoms with Crippen molar-refractivity contribution < 1.29 is 19.1 Å². The Kier molecular flexibility index (Phi) is 10.1. The number of benzene rings is 1. The number of pyridine rings is 1. The maximum absolute atomic E-state index is 13.9. The summed E-state index contributed by atoms with van der Waals surface area (Å²) in [5.74, 6) is 0.221. The minimum absolute atomic E-state index is 0.0372. The second kappa shape index (κ2) is 13.9. The number of aromatic nitrogens is 3. The normalized spacial score (nSPS) is 17.2. The van der Waals surface area contributed by atoms with E-state index in [2.05, 4.69) is 37.2 Å². The molecule has 2 aromatic heterocycles. The Morgan fingerprint density at radius 2 is 1.82 bits per heavy atom. The van der Waals surface area contributed by atoms with Gasteiger partial charge in [-0.05, 0) is 67.7 Å². The standard InChI is InChI=1S/C35H49N5O4Si/c1-24-30(25(2)40(39-24)23-43-19-20-45(4,5)6)29-16-15-28(21-36-29)37-33(41)32(31(27-13-10-14-27)35(3)17-18-35)38-34(42)44-22-26-11-8-7-9-12-26/h7-9,11-12,15-16,21,27,31-32H,10,13-14,17-20,22-23H2,1-6H3,(H,37,41)(H,38,42)/t31?,32-/m0/s1. The van der Waals surface area contributed by atoms with Gasteiger partial charge in [0.25, 0.3) is 0 Å². The van der Waals surface area contributed by atoms with E-state index >= 15 is 0 Å². The van der Waals surface area contributed by atoms with Gasteiger partial charge in [0.05, 0.1) is 23.3 Å². The molecule has 2 fully saturated rings. The van der Waals surface area contributed by atoms with E-state index < -0.39 is 20.2 Å². The summed E-state index contributed by atoms with van der Waals surface area (Å²) in [5.41, 5.74) is 5.14. The Bertz CT molecular complexity index is 1460. The molecule has 242 valence electrons. The summed E-state index contributed by atoms with van der Waals surface area (Å²) < 4.78 is 13.4. The highest BCUT2D eigenvalue weighted by Crippen LogP contribution is 2.58. The first-order valence-corrected chi connectivity index (χ1v) is 20.0. The van der Waals surface area contributed by atoms with E-state index in [9.17, 15) is 9.59 Å². The molecule has 5 rings (SSSR count). The predicted molar refractivity (Wildman–Crippen MR) is 179 cm³/mol. The minimum Gasteiger partial charge on any atom is -0.445 e. The van der Waals surface area contributed by atoms with Crippen molar-refractivity contribution in [3.05, 3.63) is 65.6 Å². The SMILES string of the molecule is Cc1nn(COCC[Si](C)(C)C)c(C)c1-c1ccc(NC(=O)[C@@H](NC(=O)OCc2ccccc2)C(C2CCC2)C2(C)CC2)cn1. The van der Waals surface area contributed by atoms with Crippen LogP contribution in [-0.2, 0) is 27.6 Å². The number of hydrogen-bond donors (Lipinski definition) is 2. The number of nitrogens with zero attached hydrogens (tertiary/aromatic N) is 3. The van der Waals surface area contributed by atoms with Gasteiger partial charge in [0, 0.05) is 25.9 Å². The first kappa shape index (κ1) is 32.9. The molecule has 2 atom stereocenters. The van der Waals surface area contributed by atoms with E-state index in [0.29, 0.717) is 18.3 Å². The van der Waals surface area contributed by atoms with Crippen LogP contribution in [0, 0.1) is 31.1 Å². The summed E-state index contributed by atoms with van der Waals surface area (Å²) in [7, 11) is -1.16. The zero-order valence-electron chi connectivity index (χ0n) is 27.7. The van der Waals surface area contributed by atoms with Crippen molar-refractivity contribution in [3.8, 4) is 11.3 Å². The van der Waals surface area contributed by atoms with Crippen molar-refractivity contribution in [2.45, 2.75) is 97.9 Å². The van der Waals surface area contributed by atoms with Crippen LogP contribution < -0.4 is 10.6 Å². The number of carbonyl (C=O) groups excluding carboxylic acids is 2. The molecule has 1 aromatic carbocycles. The lowest BCUT2D eigenvalue weighted by Gasteiger charge is -2.42. The summed E-state index contributed by atoms with van der Waals surface area (Å²) >= 11 is 0. The van der Waals surface area contributed by atoms with Gasteiger partial charge in [-0.15, -0.1) is 0 Å². The molecule has 2 aliphatic carbocycles. The molecule has 0 aliphatic heterocycles. The van der Waals surface area contributed by atoms with Crippen LogP contribution in [0.5, 0.6) is 0 Å². The van der Waals surface area contributed by atoms with Gasteiger partial charge in [-0.1, -0.05) is 76.2 Å². The second-order valence-corrected chi connectivity index (χ2v) is 20.0. The lowest BCUT2D eigenvalue weighted by molar-refractivity contribution is -0.121.